The number of rotatable bonds is 5. The lowest BCUT2D eigenvalue weighted by Crippen LogP contribution is -2.19. The van der Waals surface area contributed by atoms with Gasteiger partial charge in [0.1, 0.15) is 0 Å². The van der Waals surface area contributed by atoms with E-state index in [9.17, 15) is 13.5 Å². The van der Waals surface area contributed by atoms with Crippen LogP contribution in [0.4, 0.5) is 3.89 Å². The van der Waals surface area contributed by atoms with E-state index in [0.717, 1.165) is 0 Å². The summed E-state index contributed by atoms with van der Waals surface area (Å²) >= 11 is -0.303. The number of hydrogen-bond donors (Lipinski definition) is 0. The topological polar surface area (TPSA) is 66.8 Å². The molecule has 1 heterocycles. The van der Waals surface area contributed by atoms with Crippen LogP contribution in [0.25, 0.3) is 5.69 Å². The lowest BCUT2D eigenvalue weighted by molar-refractivity contribution is 0.0600. The molecule has 0 fully saturated rings. The fourth-order valence-electron chi connectivity index (χ4n) is 1.85. The molecule has 0 aliphatic heterocycles. The number of nitrogens with zero attached hydrogens (tertiary/aromatic N) is 1. The van der Waals surface area contributed by atoms with Gasteiger partial charge in [-0.15, -0.1) is 3.89 Å². The third-order valence-corrected chi connectivity index (χ3v) is 3.13. The van der Waals surface area contributed by atoms with Crippen molar-refractivity contribution in [3.8, 4) is 17.2 Å². The summed E-state index contributed by atoms with van der Waals surface area (Å²) < 4.78 is 27.8. The molecule has 2 aromatic rings. The summed E-state index contributed by atoms with van der Waals surface area (Å²) in [6.07, 6.45) is 1.44. The van der Waals surface area contributed by atoms with E-state index in [4.69, 9.17) is 8.92 Å². The minimum atomic E-state index is -0.592. The Kier molecular flexibility index (Phi) is 5.05. The standard InChI is InChI=1S/C14H12FNO5S/c1-19-12-8-10(3-4-11(12)21-22-15)16-6-5-9(7-13(16)17)14(18)20-2/h3-8H,1-2H3. The number of carbonyl (C=O) groups excluding carboxylic acids is 1. The van der Waals surface area contributed by atoms with Crippen molar-refractivity contribution in [3.63, 3.8) is 0 Å². The fourth-order valence-corrected chi connectivity index (χ4v) is 2.05. The largest absolute Gasteiger partial charge is 0.493 e. The summed E-state index contributed by atoms with van der Waals surface area (Å²) in [6, 6.07) is 7.18. The Morgan fingerprint density at radius 2 is 1.95 bits per heavy atom. The number of methoxy groups -OCH3 is 2. The maximum absolute atomic E-state index is 12.2. The molecule has 0 saturated carbocycles. The zero-order chi connectivity index (χ0) is 16.1. The molecule has 1 aromatic carbocycles. The van der Waals surface area contributed by atoms with Gasteiger partial charge in [0, 0.05) is 18.3 Å². The Labute approximate surface area is 129 Å². The van der Waals surface area contributed by atoms with Crippen molar-refractivity contribution in [2.45, 2.75) is 0 Å². The van der Waals surface area contributed by atoms with Gasteiger partial charge >= 0.3 is 5.97 Å². The van der Waals surface area contributed by atoms with Gasteiger partial charge in [-0.1, -0.05) is 0 Å². The first-order valence-electron chi connectivity index (χ1n) is 6.05. The molecule has 0 atom stereocenters. The van der Waals surface area contributed by atoms with Crippen LogP contribution in [-0.4, -0.2) is 24.8 Å². The summed E-state index contributed by atoms with van der Waals surface area (Å²) in [5, 5.41) is 0. The first-order chi connectivity index (χ1) is 10.6. The molecular formula is C14H12FNO5S. The molecule has 0 bridgehead atoms. The van der Waals surface area contributed by atoms with E-state index in [-0.39, 0.29) is 29.5 Å². The van der Waals surface area contributed by atoms with Crippen molar-refractivity contribution < 1.29 is 22.3 Å². The first-order valence-corrected chi connectivity index (χ1v) is 6.69. The molecule has 0 aliphatic carbocycles. The molecule has 0 unspecified atom stereocenters. The second-order valence-electron chi connectivity index (χ2n) is 4.10. The minimum absolute atomic E-state index is 0.157. The van der Waals surface area contributed by atoms with E-state index in [1.807, 2.05) is 0 Å². The van der Waals surface area contributed by atoms with Crippen LogP contribution in [-0.2, 0) is 4.74 Å². The Balaban J connectivity index is 2.44. The van der Waals surface area contributed by atoms with Gasteiger partial charge in [-0.05, 0) is 18.2 Å². The van der Waals surface area contributed by atoms with Crippen LogP contribution < -0.4 is 14.5 Å². The first kappa shape index (κ1) is 15.9. The van der Waals surface area contributed by atoms with E-state index in [0.29, 0.717) is 5.69 Å². The van der Waals surface area contributed by atoms with Gasteiger partial charge < -0.3 is 13.7 Å². The quantitative estimate of drug-likeness (QED) is 0.622. The van der Waals surface area contributed by atoms with Crippen molar-refractivity contribution in [3.05, 3.63) is 52.4 Å². The lowest BCUT2D eigenvalue weighted by atomic mass is 10.2. The predicted octanol–water partition coefficient (Wildman–Crippen LogP) is 2.54. The van der Waals surface area contributed by atoms with E-state index in [2.05, 4.69) is 4.74 Å². The smallest absolute Gasteiger partial charge is 0.338 e. The van der Waals surface area contributed by atoms with Gasteiger partial charge in [0.2, 0.25) is 0 Å². The molecule has 0 radical (unpaired) electrons. The van der Waals surface area contributed by atoms with Gasteiger partial charge in [0.15, 0.2) is 11.5 Å². The van der Waals surface area contributed by atoms with Gasteiger partial charge in [0.25, 0.3) is 18.0 Å². The predicted molar refractivity (Wildman–Crippen MR) is 79.3 cm³/mol. The average molecular weight is 325 g/mol. The highest BCUT2D eigenvalue weighted by molar-refractivity contribution is 7.89. The maximum Gasteiger partial charge on any atom is 0.338 e. The molecule has 0 N–H and O–H groups in total. The van der Waals surface area contributed by atoms with Crippen molar-refractivity contribution in [1.82, 2.24) is 4.57 Å². The molecule has 6 nitrogen and oxygen atoms in total. The summed E-state index contributed by atoms with van der Waals surface area (Å²) in [4.78, 5) is 23.5. The Bertz CT molecular complexity index is 746. The number of aromatic nitrogens is 1. The van der Waals surface area contributed by atoms with Gasteiger partial charge in [-0.25, -0.2) is 4.79 Å². The van der Waals surface area contributed by atoms with E-state index >= 15 is 0 Å². The number of halogens is 1. The molecule has 0 saturated heterocycles. The normalized spacial score (nSPS) is 10.1. The molecule has 8 heteroatoms. The molecule has 1 aromatic heterocycles. The maximum atomic E-state index is 12.2. The van der Waals surface area contributed by atoms with Crippen LogP contribution in [0.1, 0.15) is 10.4 Å². The van der Waals surface area contributed by atoms with Crippen molar-refractivity contribution in [2.75, 3.05) is 14.2 Å². The van der Waals surface area contributed by atoms with Crippen LogP contribution in [0.15, 0.2) is 41.3 Å². The number of ether oxygens (including phenoxy) is 2. The molecule has 0 amide bonds. The SMILES string of the molecule is COC(=O)c1ccn(-c2ccc(OSF)c(OC)c2)c(=O)c1. The van der Waals surface area contributed by atoms with Crippen LogP contribution in [0.2, 0.25) is 0 Å². The highest BCUT2D eigenvalue weighted by atomic mass is 32.2. The summed E-state index contributed by atoms with van der Waals surface area (Å²) in [7, 11) is 2.64. The molecule has 0 aliphatic rings. The monoisotopic (exact) mass is 325 g/mol. The van der Waals surface area contributed by atoms with E-state index in [1.54, 1.807) is 6.07 Å². The van der Waals surface area contributed by atoms with Crippen molar-refractivity contribution >= 4 is 18.4 Å². The third kappa shape index (κ3) is 3.22. The summed E-state index contributed by atoms with van der Waals surface area (Å²) in [5.74, 6) is -0.130. The fraction of sp³-hybridized carbons (Fsp3) is 0.143. The second-order valence-corrected chi connectivity index (χ2v) is 4.39. The Morgan fingerprint density at radius 3 is 2.55 bits per heavy atom. The Hall–Kier alpha value is -2.48. The molecule has 116 valence electrons. The van der Waals surface area contributed by atoms with Gasteiger partial charge in [-0.2, -0.15) is 0 Å². The van der Waals surface area contributed by atoms with Crippen LogP contribution in [0, 0.1) is 0 Å². The zero-order valence-corrected chi connectivity index (χ0v) is 12.6. The minimum Gasteiger partial charge on any atom is -0.493 e. The van der Waals surface area contributed by atoms with Gasteiger partial charge in [-0.3, -0.25) is 9.36 Å². The number of benzene rings is 1. The lowest BCUT2D eigenvalue weighted by Gasteiger charge is -2.11. The summed E-state index contributed by atoms with van der Waals surface area (Å²) in [5.41, 5.74) is 0.220. The van der Waals surface area contributed by atoms with Crippen LogP contribution >= 0.6 is 12.4 Å². The van der Waals surface area contributed by atoms with E-state index in [1.165, 1.54) is 49.2 Å². The molecule has 0 spiro atoms. The Morgan fingerprint density at radius 1 is 1.18 bits per heavy atom. The number of hydrogen-bond acceptors (Lipinski definition) is 6. The van der Waals surface area contributed by atoms with Crippen LogP contribution in [0.5, 0.6) is 11.5 Å². The van der Waals surface area contributed by atoms with Crippen LogP contribution in [0.3, 0.4) is 0 Å². The molecule has 2 rings (SSSR count). The van der Waals surface area contributed by atoms with E-state index < -0.39 is 11.5 Å². The number of esters is 1. The number of carbonyl (C=O) groups is 1. The van der Waals surface area contributed by atoms with Crippen molar-refractivity contribution in [1.29, 1.82) is 0 Å². The molecular weight excluding hydrogens is 313 g/mol. The summed E-state index contributed by atoms with van der Waals surface area (Å²) in [6.45, 7) is 0. The van der Waals surface area contributed by atoms with Gasteiger partial charge in [0.05, 0.1) is 25.5 Å². The average Bonchev–Trinajstić information content (AvgIpc) is 2.54. The molecule has 22 heavy (non-hydrogen) atoms. The third-order valence-electron chi connectivity index (χ3n) is 2.89. The zero-order valence-electron chi connectivity index (χ0n) is 11.7. The second kappa shape index (κ2) is 6.99. The highest BCUT2D eigenvalue weighted by Crippen LogP contribution is 2.31. The number of pyridine rings is 1. The van der Waals surface area contributed by atoms with Crippen molar-refractivity contribution in [2.24, 2.45) is 0 Å². The highest BCUT2D eigenvalue weighted by Gasteiger charge is 2.11.